The fourth-order valence-electron chi connectivity index (χ4n) is 5.60. The van der Waals surface area contributed by atoms with E-state index in [1.54, 1.807) is 54.5 Å². The summed E-state index contributed by atoms with van der Waals surface area (Å²) >= 11 is 0. The van der Waals surface area contributed by atoms with Crippen LogP contribution in [-0.2, 0) is 23.9 Å². The number of carbonyl (C=O) groups excluding carboxylic acids is 3. The number of carbonyl (C=O) groups is 3. The minimum atomic E-state index is -1.27. The summed E-state index contributed by atoms with van der Waals surface area (Å²) in [6.07, 6.45) is 7.48. The molecule has 2 amide bonds. The van der Waals surface area contributed by atoms with E-state index < -0.39 is 35.6 Å². The Morgan fingerprint density at radius 1 is 1.12 bits per heavy atom. The molecule has 0 radical (unpaired) electrons. The Hall–Kier alpha value is -3.17. The molecular formula is C25H28N2O7. The molecule has 34 heavy (non-hydrogen) atoms. The van der Waals surface area contributed by atoms with E-state index in [4.69, 9.17) is 14.2 Å². The molecular weight excluding hydrogens is 440 g/mol. The third kappa shape index (κ3) is 3.42. The summed E-state index contributed by atoms with van der Waals surface area (Å²) < 4.78 is 17.0. The van der Waals surface area contributed by atoms with Crippen LogP contribution in [0.1, 0.15) is 12.8 Å². The standard InChI is InChI=1S/C25H28N2O7/c1-32-17-9-7-16(8-10-17)26-13-5-11-25-20(19-18(34-25)6-4-15-33-24(19)31)22(29)27(12-2-3-14-28)21(25)23(26)30/h4-11,18-21,28H,2-3,12-15H2,1H3/t18-,19+,20-,21?,25-/m0/s1. The van der Waals surface area contributed by atoms with Crippen LogP contribution in [0.2, 0.25) is 0 Å². The lowest BCUT2D eigenvalue weighted by Crippen LogP contribution is -2.55. The summed E-state index contributed by atoms with van der Waals surface area (Å²) in [5.41, 5.74) is -0.602. The number of cyclic esters (lactones) is 1. The van der Waals surface area contributed by atoms with Gasteiger partial charge in [0.15, 0.2) is 0 Å². The number of benzene rings is 1. The van der Waals surface area contributed by atoms with Crippen molar-refractivity contribution >= 4 is 23.5 Å². The first kappa shape index (κ1) is 22.6. The molecule has 1 unspecified atom stereocenters. The van der Waals surface area contributed by atoms with E-state index in [2.05, 4.69) is 0 Å². The van der Waals surface area contributed by atoms with Gasteiger partial charge in [-0.25, -0.2) is 0 Å². The number of nitrogens with zero attached hydrogens (tertiary/aromatic N) is 2. The molecule has 4 heterocycles. The van der Waals surface area contributed by atoms with Gasteiger partial charge in [0.2, 0.25) is 5.91 Å². The Kier molecular flexibility index (Phi) is 5.91. The number of rotatable bonds is 6. The van der Waals surface area contributed by atoms with Gasteiger partial charge in [-0.15, -0.1) is 0 Å². The maximum atomic E-state index is 14.1. The number of fused-ring (bicyclic) bond motifs is 2. The lowest BCUT2D eigenvalue weighted by molar-refractivity contribution is -0.152. The monoisotopic (exact) mass is 468 g/mol. The first-order valence-corrected chi connectivity index (χ1v) is 11.6. The van der Waals surface area contributed by atoms with Crippen molar-refractivity contribution < 1.29 is 33.7 Å². The largest absolute Gasteiger partial charge is 0.497 e. The molecule has 0 aliphatic carbocycles. The first-order valence-electron chi connectivity index (χ1n) is 11.6. The molecule has 9 nitrogen and oxygen atoms in total. The predicted molar refractivity (Wildman–Crippen MR) is 121 cm³/mol. The molecule has 0 bridgehead atoms. The van der Waals surface area contributed by atoms with Crippen LogP contribution in [0.15, 0.2) is 48.6 Å². The van der Waals surface area contributed by atoms with Crippen LogP contribution in [0, 0.1) is 11.8 Å². The van der Waals surface area contributed by atoms with E-state index in [-0.39, 0.29) is 31.6 Å². The van der Waals surface area contributed by atoms with Gasteiger partial charge in [-0.2, -0.15) is 0 Å². The number of methoxy groups -OCH3 is 1. The molecule has 1 N–H and O–H groups in total. The van der Waals surface area contributed by atoms with Crippen molar-refractivity contribution in [2.45, 2.75) is 30.6 Å². The van der Waals surface area contributed by atoms with Crippen LogP contribution in [0.4, 0.5) is 5.69 Å². The zero-order chi connectivity index (χ0) is 23.9. The first-order chi connectivity index (χ1) is 16.5. The fraction of sp³-hybridized carbons (Fsp3) is 0.480. The van der Waals surface area contributed by atoms with Crippen molar-refractivity contribution in [3.05, 3.63) is 48.6 Å². The molecule has 1 aromatic carbocycles. The van der Waals surface area contributed by atoms with Crippen LogP contribution < -0.4 is 9.64 Å². The predicted octanol–water partition coefficient (Wildman–Crippen LogP) is 1.06. The molecule has 2 saturated heterocycles. The molecule has 1 aromatic rings. The van der Waals surface area contributed by atoms with E-state index in [1.165, 1.54) is 4.90 Å². The van der Waals surface area contributed by atoms with Gasteiger partial charge in [0.05, 0.1) is 19.1 Å². The van der Waals surface area contributed by atoms with Crippen LogP contribution in [0.25, 0.3) is 0 Å². The molecule has 180 valence electrons. The summed E-state index contributed by atoms with van der Waals surface area (Å²) in [5.74, 6) is -2.06. The highest BCUT2D eigenvalue weighted by Crippen LogP contribution is 2.53. The number of likely N-dealkylation sites (tertiary alicyclic amines) is 1. The topological polar surface area (TPSA) is 106 Å². The number of amides is 2. The average molecular weight is 469 g/mol. The molecule has 9 heteroatoms. The zero-order valence-electron chi connectivity index (χ0n) is 19.0. The van der Waals surface area contributed by atoms with E-state index >= 15 is 0 Å². The van der Waals surface area contributed by atoms with Crippen molar-refractivity contribution in [2.75, 3.05) is 38.3 Å². The maximum Gasteiger partial charge on any atom is 0.313 e. The van der Waals surface area contributed by atoms with Crippen LogP contribution in [0.3, 0.4) is 0 Å². The number of hydrogen-bond donors (Lipinski definition) is 1. The molecule has 5 atom stereocenters. The van der Waals surface area contributed by atoms with Gasteiger partial charge in [0.1, 0.15) is 29.9 Å². The number of aliphatic hydroxyl groups is 1. The van der Waals surface area contributed by atoms with E-state index in [0.717, 1.165) is 0 Å². The van der Waals surface area contributed by atoms with Gasteiger partial charge >= 0.3 is 5.97 Å². The second-order valence-electron chi connectivity index (χ2n) is 8.91. The molecule has 4 aliphatic heterocycles. The summed E-state index contributed by atoms with van der Waals surface area (Å²) in [5, 5.41) is 9.26. The number of ether oxygens (including phenoxy) is 3. The third-order valence-corrected chi connectivity index (χ3v) is 7.10. The highest BCUT2D eigenvalue weighted by Gasteiger charge is 2.71. The number of unbranched alkanes of at least 4 members (excludes halogenated alkanes) is 1. The quantitative estimate of drug-likeness (QED) is 0.378. The number of anilines is 1. The SMILES string of the molecule is COc1ccc(N2CC=C[C@]34O[C@H]5C=CCOC(=O)[C@H]5[C@H]3C(=O)N(CCCCO)C4C2=O)cc1. The average Bonchev–Trinajstić information content (AvgIpc) is 3.13. The molecule has 4 aliphatic rings. The minimum Gasteiger partial charge on any atom is -0.497 e. The zero-order valence-corrected chi connectivity index (χ0v) is 19.0. The minimum absolute atomic E-state index is 0.00852. The van der Waals surface area contributed by atoms with E-state index in [0.29, 0.717) is 30.8 Å². The number of hydrogen-bond acceptors (Lipinski definition) is 7. The Labute approximate surface area is 197 Å². The van der Waals surface area contributed by atoms with Gasteiger partial charge in [-0.1, -0.05) is 18.2 Å². The van der Waals surface area contributed by atoms with Gasteiger partial charge in [-0.05, 0) is 43.2 Å². The Morgan fingerprint density at radius 2 is 1.91 bits per heavy atom. The number of esters is 1. The lowest BCUT2D eigenvalue weighted by atomic mass is 9.78. The summed E-state index contributed by atoms with van der Waals surface area (Å²) in [7, 11) is 1.58. The highest BCUT2D eigenvalue weighted by molar-refractivity contribution is 6.05. The summed E-state index contributed by atoms with van der Waals surface area (Å²) in [4.78, 5) is 43.8. The van der Waals surface area contributed by atoms with Gasteiger partial charge in [0, 0.05) is 25.4 Å². The van der Waals surface area contributed by atoms with Gasteiger partial charge in [-0.3, -0.25) is 14.4 Å². The van der Waals surface area contributed by atoms with Gasteiger partial charge in [0.25, 0.3) is 5.91 Å². The van der Waals surface area contributed by atoms with Gasteiger partial charge < -0.3 is 29.1 Å². The molecule has 2 fully saturated rings. The Balaban J connectivity index is 1.56. The molecule has 1 spiro atoms. The maximum absolute atomic E-state index is 14.1. The Morgan fingerprint density at radius 3 is 2.65 bits per heavy atom. The smallest absolute Gasteiger partial charge is 0.313 e. The second kappa shape index (κ2) is 8.88. The molecule has 0 saturated carbocycles. The van der Waals surface area contributed by atoms with E-state index in [9.17, 15) is 19.5 Å². The van der Waals surface area contributed by atoms with Crippen LogP contribution >= 0.6 is 0 Å². The van der Waals surface area contributed by atoms with Crippen LogP contribution in [-0.4, -0.2) is 79.0 Å². The Bertz CT molecular complexity index is 1040. The fourth-order valence-corrected chi connectivity index (χ4v) is 5.60. The van der Waals surface area contributed by atoms with Crippen molar-refractivity contribution in [2.24, 2.45) is 11.8 Å². The normalized spacial score (nSPS) is 32.1. The summed E-state index contributed by atoms with van der Waals surface area (Å²) in [6, 6.07) is 6.22. The lowest BCUT2D eigenvalue weighted by Gasteiger charge is -2.35. The van der Waals surface area contributed by atoms with Crippen molar-refractivity contribution in [3.8, 4) is 5.75 Å². The van der Waals surface area contributed by atoms with Crippen molar-refractivity contribution in [1.82, 2.24) is 4.90 Å². The highest BCUT2D eigenvalue weighted by atomic mass is 16.6. The molecule has 5 rings (SSSR count). The third-order valence-electron chi connectivity index (χ3n) is 7.10. The van der Waals surface area contributed by atoms with Crippen LogP contribution in [0.5, 0.6) is 5.75 Å². The second-order valence-corrected chi connectivity index (χ2v) is 8.91. The molecule has 0 aromatic heterocycles. The summed E-state index contributed by atoms with van der Waals surface area (Å²) in [6.45, 7) is 0.704. The number of aliphatic hydroxyl groups excluding tert-OH is 1. The van der Waals surface area contributed by atoms with E-state index in [1.807, 2.05) is 6.08 Å². The van der Waals surface area contributed by atoms with Crippen molar-refractivity contribution in [3.63, 3.8) is 0 Å². The van der Waals surface area contributed by atoms with Crippen molar-refractivity contribution in [1.29, 1.82) is 0 Å².